The zero-order valence-electron chi connectivity index (χ0n) is 33.7. The number of aromatic nitrogens is 4. The second-order valence-electron chi connectivity index (χ2n) is 18.6. The first-order valence-corrected chi connectivity index (χ1v) is 19.0. The predicted molar refractivity (Wildman–Crippen MR) is 222 cm³/mol. The number of fused-ring (bicyclic) bond motifs is 1. The summed E-state index contributed by atoms with van der Waals surface area (Å²) in [6.45, 7) is 27.7. The van der Waals surface area contributed by atoms with E-state index in [1.54, 1.807) is 0 Å². The molecule has 2 aromatic heterocycles. The van der Waals surface area contributed by atoms with E-state index in [4.69, 9.17) is 19.9 Å². The van der Waals surface area contributed by atoms with E-state index in [2.05, 4.69) is 186 Å². The summed E-state index contributed by atoms with van der Waals surface area (Å²) >= 11 is 0. The summed E-state index contributed by atoms with van der Waals surface area (Å²) in [5, 5.41) is 0. The van der Waals surface area contributed by atoms with Crippen LogP contribution in [0, 0.1) is 5.41 Å². The van der Waals surface area contributed by atoms with E-state index >= 15 is 0 Å². The lowest BCUT2D eigenvalue weighted by atomic mass is 9.59. The Kier molecular flexibility index (Phi) is 8.64. The van der Waals surface area contributed by atoms with Crippen molar-refractivity contribution in [3.05, 3.63) is 132 Å². The van der Waals surface area contributed by atoms with Crippen LogP contribution < -0.4 is 0 Å². The molecule has 0 spiro atoms. The van der Waals surface area contributed by atoms with Gasteiger partial charge in [0.15, 0.2) is 17.5 Å². The standard InChI is InChI=1S/C49H54N4/c1-45(2,3)37-22-16-31(17-23-37)42-51-43(32-18-24-38(25-19-32)46(4,5)6)53-44(52-42)35-15-13-14-33(28-35)36-21-27-41(50-30-36)34-20-26-39-40(29-34)48(9,10)49(11,12)47(39,7)8/h13-30H,1-12H3. The molecule has 2 heterocycles. The van der Waals surface area contributed by atoms with Gasteiger partial charge in [-0.25, -0.2) is 15.0 Å². The summed E-state index contributed by atoms with van der Waals surface area (Å²) < 4.78 is 0. The van der Waals surface area contributed by atoms with Gasteiger partial charge in [0.05, 0.1) is 5.69 Å². The maximum atomic E-state index is 5.06. The van der Waals surface area contributed by atoms with Gasteiger partial charge in [0, 0.05) is 34.0 Å². The Morgan fingerprint density at radius 2 is 0.868 bits per heavy atom. The van der Waals surface area contributed by atoms with Crippen molar-refractivity contribution in [2.24, 2.45) is 5.41 Å². The monoisotopic (exact) mass is 698 g/mol. The number of rotatable bonds is 5. The molecule has 0 radical (unpaired) electrons. The average Bonchev–Trinajstić information content (AvgIpc) is 3.24. The lowest BCUT2D eigenvalue weighted by Gasteiger charge is -2.44. The van der Waals surface area contributed by atoms with Gasteiger partial charge in [-0.05, 0) is 73.1 Å². The van der Waals surface area contributed by atoms with Crippen LogP contribution in [0.3, 0.4) is 0 Å². The SMILES string of the molecule is CC(C)(C)c1ccc(-c2nc(-c3ccc(C(C)(C)C)cc3)nc(-c3cccc(-c4ccc(-c5ccc6c(c5)C(C)(C)C(C)(C)C6(C)C)nc4)c3)n2)cc1. The van der Waals surface area contributed by atoms with E-state index in [0.717, 1.165) is 39.1 Å². The van der Waals surface area contributed by atoms with Crippen LogP contribution in [0.1, 0.15) is 105 Å². The Morgan fingerprint density at radius 1 is 0.415 bits per heavy atom. The molecular formula is C49H54N4. The Morgan fingerprint density at radius 3 is 1.36 bits per heavy atom. The second kappa shape index (κ2) is 12.6. The maximum Gasteiger partial charge on any atom is 0.164 e. The van der Waals surface area contributed by atoms with E-state index < -0.39 is 0 Å². The summed E-state index contributed by atoms with van der Waals surface area (Å²) in [6.07, 6.45) is 1.98. The lowest BCUT2D eigenvalue weighted by Crippen LogP contribution is -2.42. The summed E-state index contributed by atoms with van der Waals surface area (Å²) in [5.74, 6) is 1.96. The molecule has 4 aromatic carbocycles. The third-order valence-corrected chi connectivity index (χ3v) is 12.7. The molecule has 270 valence electrons. The fourth-order valence-corrected chi connectivity index (χ4v) is 7.80. The minimum Gasteiger partial charge on any atom is -0.256 e. The minimum absolute atomic E-state index is 0.0444. The molecule has 0 bridgehead atoms. The average molecular weight is 699 g/mol. The van der Waals surface area contributed by atoms with Crippen molar-refractivity contribution < 1.29 is 0 Å². The molecule has 0 saturated heterocycles. The van der Waals surface area contributed by atoms with Gasteiger partial charge in [0.25, 0.3) is 0 Å². The van der Waals surface area contributed by atoms with E-state index in [0.29, 0.717) is 17.5 Å². The molecule has 53 heavy (non-hydrogen) atoms. The zero-order chi connectivity index (χ0) is 38.1. The fourth-order valence-electron chi connectivity index (χ4n) is 7.80. The molecule has 1 aliphatic carbocycles. The second-order valence-corrected chi connectivity index (χ2v) is 18.6. The van der Waals surface area contributed by atoms with E-state index in [1.165, 1.54) is 22.3 Å². The van der Waals surface area contributed by atoms with Gasteiger partial charge in [-0.1, -0.05) is 168 Å². The molecular weight excluding hydrogens is 645 g/mol. The Labute approximate surface area is 317 Å². The van der Waals surface area contributed by atoms with Gasteiger partial charge in [-0.3, -0.25) is 4.98 Å². The Balaban J connectivity index is 1.25. The molecule has 0 amide bonds. The first kappa shape index (κ1) is 36.4. The molecule has 4 heteroatoms. The van der Waals surface area contributed by atoms with E-state index in [9.17, 15) is 0 Å². The molecule has 0 fully saturated rings. The highest BCUT2D eigenvalue weighted by molar-refractivity contribution is 5.74. The minimum atomic E-state index is 0.0444. The normalized spacial score (nSPS) is 16.0. The number of hydrogen-bond donors (Lipinski definition) is 0. The highest BCUT2D eigenvalue weighted by Gasteiger charge is 2.56. The van der Waals surface area contributed by atoms with Gasteiger partial charge < -0.3 is 0 Å². The van der Waals surface area contributed by atoms with Crippen molar-refractivity contribution >= 4 is 0 Å². The molecule has 4 nitrogen and oxygen atoms in total. The van der Waals surface area contributed by atoms with Crippen LogP contribution in [0.25, 0.3) is 56.5 Å². The first-order valence-electron chi connectivity index (χ1n) is 19.0. The maximum absolute atomic E-state index is 5.06. The van der Waals surface area contributed by atoms with Gasteiger partial charge in [0.2, 0.25) is 0 Å². The van der Waals surface area contributed by atoms with Crippen molar-refractivity contribution in [3.63, 3.8) is 0 Å². The number of pyridine rings is 1. The summed E-state index contributed by atoms with van der Waals surface area (Å²) in [6, 6.07) is 36.9. The van der Waals surface area contributed by atoms with Crippen LogP contribution in [0.5, 0.6) is 0 Å². The van der Waals surface area contributed by atoms with Crippen molar-refractivity contribution in [1.29, 1.82) is 0 Å². The molecule has 0 aliphatic heterocycles. The highest BCUT2D eigenvalue weighted by Crippen LogP contribution is 2.61. The van der Waals surface area contributed by atoms with Gasteiger partial charge in [-0.15, -0.1) is 0 Å². The number of benzene rings is 4. The van der Waals surface area contributed by atoms with Crippen LogP contribution >= 0.6 is 0 Å². The third kappa shape index (κ3) is 6.41. The molecule has 1 aliphatic rings. The van der Waals surface area contributed by atoms with Crippen LogP contribution in [0.2, 0.25) is 0 Å². The zero-order valence-corrected chi connectivity index (χ0v) is 33.7. The quantitative estimate of drug-likeness (QED) is 0.180. The summed E-state index contributed by atoms with van der Waals surface area (Å²) in [4.78, 5) is 20.1. The fraction of sp³-hybridized carbons (Fsp3) is 0.347. The van der Waals surface area contributed by atoms with E-state index in [1.807, 2.05) is 6.20 Å². The molecule has 0 saturated carbocycles. The van der Waals surface area contributed by atoms with Gasteiger partial charge >= 0.3 is 0 Å². The molecule has 7 rings (SSSR count). The van der Waals surface area contributed by atoms with Crippen molar-refractivity contribution in [2.75, 3.05) is 0 Å². The number of hydrogen-bond acceptors (Lipinski definition) is 4. The predicted octanol–water partition coefficient (Wildman–Crippen LogP) is 12.8. The Hall–Kier alpha value is -4.96. The van der Waals surface area contributed by atoms with Crippen molar-refractivity contribution in [3.8, 4) is 56.5 Å². The summed E-state index contributed by atoms with van der Waals surface area (Å²) in [7, 11) is 0. The smallest absolute Gasteiger partial charge is 0.164 e. The van der Waals surface area contributed by atoms with Gasteiger partial charge in [0.1, 0.15) is 0 Å². The number of nitrogens with zero attached hydrogens (tertiary/aromatic N) is 4. The van der Waals surface area contributed by atoms with Crippen molar-refractivity contribution in [1.82, 2.24) is 19.9 Å². The molecule has 0 N–H and O–H groups in total. The van der Waals surface area contributed by atoms with Gasteiger partial charge in [-0.2, -0.15) is 0 Å². The third-order valence-electron chi connectivity index (χ3n) is 12.7. The Bertz CT molecular complexity index is 2220. The van der Waals surface area contributed by atoms with Crippen LogP contribution in [-0.2, 0) is 21.7 Å². The molecule has 0 atom stereocenters. The first-order chi connectivity index (χ1) is 24.8. The molecule has 0 unspecified atom stereocenters. The van der Waals surface area contributed by atoms with Crippen LogP contribution in [0.4, 0.5) is 0 Å². The topological polar surface area (TPSA) is 51.6 Å². The van der Waals surface area contributed by atoms with Crippen molar-refractivity contribution in [2.45, 2.75) is 105 Å². The van der Waals surface area contributed by atoms with Crippen LogP contribution in [-0.4, -0.2) is 19.9 Å². The highest BCUT2D eigenvalue weighted by atomic mass is 15.0. The van der Waals surface area contributed by atoms with Crippen LogP contribution in [0.15, 0.2) is 109 Å². The summed E-state index contributed by atoms with van der Waals surface area (Å²) in [5.41, 5.74) is 12.9. The largest absolute Gasteiger partial charge is 0.256 e. The lowest BCUT2D eigenvalue weighted by molar-refractivity contribution is 0.125. The molecule has 6 aromatic rings. The van der Waals surface area contributed by atoms with E-state index in [-0.39, 0.29) is 27.1 Å².